The molecule has 0 bridgehead atoms. The number of aliphatic carboxylic acids is 1. The van der Waals surface area contributed by atoms with Crippen LogP contribution in [-0.4, -0.2) is 33.2 Å². The van der Waals surface area contributed by atoms with Gasteiger partial charge in [0, 0.05) is 12.8 Å². The standard InChI is InChI=1S/C4H5NO3.C3H3NO2/c6-3-1-2-4(7)5(3)8;4-2-1-3(5)6/h8H,1-2H2;1H2,(H,5,6). The van der Waals surface area contributed by atoms with Gasteiger partial charge in [0.2, 0.25) is 0 Å². The highest BCUT2D eigenvalue weighted by Gasteiger charge is 2.26. The van der Waals surface area contributed by atoms with Gasteiger partial charge in [-0.2, -0.15) is 10.3 Å². The van der Waals surface area contributed by atoms with Gasteiger partial charge in [0.1, 0.15) is 6.42 Å². The van der Waals surface area contributed by atoms with Gasteiger partial charge in [0.05, 0.1) is 6.07 Å². The van der Waals surface area contributed by atoms with Crippen LogP contribution in [0.4, 0.5) is 0 Å². The van der Waals surface area contributed by atoms with Gasteiger partial charge in [-0.25, -0.2) is 0 Å². The van der Waals surface area contributed by atoms with Crippen LogP contribution >= 0.6 is 0 Å². The van der Waals surface area contributed by atoms with E-state index in [-0.39, 0.29) is 17.9 Å². The Hall–Kier alpha value is -1.94. The number of nitriles is 1. The van der Waals surface area contributed by atoms with Crippen LogP contribution in [0.15, 0.2) is 0 Å². The normalized spacial score (nSPS) is 14.4. The molecule has 7 nitrogen and oxygen atoms in total. The number of amides is 2. The maximum atomic E-state index is 10.2. The molecule has 0 aromatic heterocycles. The molecular formula is C7H8N2O5. The fraction of sp³-hybridized carbons (Fsp3) is 0.429. The van der Waals surface area contributed by atoms with Crippen LogP contribution in [0.3, 0.4) is 0 Å². The Balaban J connectivity index is 0.000000255. The van der Waals surface area contributed by atoms with E-state index in [0.29, 0.717) is 0 Å². The Morgan fingerprint density at radius 3 is 1.93 bits per heavy atom. The minimum Gasteiger partial charge on any atom is -0.480 e. The molecule has 1 heterocycles. The lowest BCUT2D eigenvalue weighted by atomic mass is 10.4. The molecule has 0 aromatic carbocycles. The van der Waals surface area contributed by atoms with Gasteiger partial charge in [-0.1, -0.05) is 0 Å². The van der Waals surface area contributed by atoms with E-state index >= 15 is 0 Å². The van der Waals surface area contributed by atoms with E-state index in [4.69, 9.17) is 15.6 Å². The van der Waals surface area contributed by atoms with E-state index in [0.717, 1.165) is 0 Å². The summed E-state index contributed by atoms with van der Waals surface area (Å²) in [6.45, 7) is 0. The zero-order valence-electron chi connectivity index (χ0n) is 7.13. The van der Waals surface area contributed by atoms with Crippen molar-refractivity contribution in [1.82, 2.24) is 5.06 Å². The van der Waals surface area contributed by atoms with E-state index in [2.05, 4.69) is 0 Å². The lowest BCUT2D eigenvalue weighted by Crippen LogP contribution is -2.24. The van der Waals surface area contributed by atoms with Crippen LogP contribution < -0.4 is 0 Å². The van der Waals surface area contributed by atoms with Crippen LogP contribution in [0.2, 0.25) is 0 Å². The van der Waals surface area contributed by atoms with Crippen LogP contribution in [0.1, 0.15) is 19.3 Å². The maximum Gasteiger partial charge on any atom is 0.317 e. The SMILES string of the molecule is N#CCC(=O)O.O=C1CCC(=O)N1O. The van der Waals surface area contributed by atoms with Crippen LogP contribution in [0.5, 0.6) is 0 Å². The highest BCUT2D eigenvalue weighted by Crippen LogP contribution is 2.06. The molecule has 0 unspecified atom stereocenters. The lowest BCUT2D eigenvalue weighted by molar-refractivity contribution is -0.171. The lowest BCUT2D eigenvalue weighted by Gasteiger charge is -1.98. The molecule has 0 radical (unpaired) electrons. The van der Waals surface area contributed by atoms with Gasteiger partial charge in [-0.15, -0.1) is 0 Å². The van der Waals surface area contributed by atoms with Gasteiger partial charge in [0.15, 0.2) is 0 Å². The van der Waals surface area contributed by atoms with Crippen molar-refractivity contribution in [2.45, 2.75) is 19.3 Å². The molecule has 76 valence electrons. The molecule has 1 rings (SSSR count). The summed E-state index contributed by atoms with van der Waals surface area (Å²) >= 11 is 0. The summed E-state index contributed by atoms with van der Waals surface area (Å²) in [7, 11) is 0. The number of nitrogens with zero attached hydrogens (tertiary/aromatic N) is 2. The van der Waals surface area contributed by atoms with Gasteiger partial charge < -0.3 is 5.11 Å². The first kappa shape index (κ1) is 12.1. The summed E-state index contributed by atoms with van der Waals surface area (Å²) in [4.78, 5) is 29.9. The summed E-state index contributed by atoms with van der Waals surface area (Å²) in [6.07, 6.45) is -0.106. The third kappa shape index (κ3) is 4.18. The number of carbonyl (C=O) groups excluding carboxylic acids is 2. The summed E-state index contributed by atoms with van der Waals surface area (Å²) < 4.78 is 0. The average molecular weight is 200 g/mol. The van der Waals surface area contributed by atoms with Crippen molar-refractivity contribution in [1.29, 1.82) is 5.26 Å². The fourth-order valence-electron chi connectivity index (χ4n) is 0.632. The quantitative estimate of drug-likeness (QED) is 0.435. The van der Waals surface area contributed by atoms with Gasteiger partial charge in [0.25, 0.3) is 11.8 Å². The topological polar surface area (TPSA) is 119 Å². The Morgan fingerprint density at radius 2 is 1.86 bits per heavy atom. The van der Waals surface area contributed by atoms with Crippen molar-refractivity contribution in [3.8, 4) is 6.07 Å². The maximum absolute atomic E-state index is 10.2. The molecule has 2 N–H and O–H groups in total. The first-order valence-electron chi connectivity index (χ1n) is 3.62. The van der Waals surface area contributed by atoms with Crippen molar-refractivity contribution in [2.24, 2.45) is 0 Å². The van der Waals surface area contributed by atoms with E-state index < -0.39 is 24.2 Å². The zero-order valence-corrected chi connectivity index (χ0v) is 7.13. The second-order valence-electron chi connectivity index (χ2n) is 2.33. The molecular weight excluding hydrogens is 192 g/mol. The van der Waals surface area contributed by atoms with Gasteiger partial charge >= 0.3 is 5.97 Å². The second-order valence-corrected chi connectivity index (χ2v) is 2.33. The number of hydrogen-bond acceptors (Lipinski definition) is 5. The summed E-state index contributed by atoms with van der Waals surface area (Å²) in [6, 6.07) is 1.47. The van der Waals surface area contributed by atoms with E-state index in [1.165, 1.54) is 6.07 Å². The van der Waals surface area contributed by atoms with Crippen LogP contribution in [-0.2, 0) is 14.4 Å². The Morgan fingerprint density at radius 1 is 1.43 bits per heavy atom. The van der Waals surface area contributed by atoms with Crippen molar-refractivity contribution in [3.63, 3.8) is 0 Å². The van der Waals surface area contributed by atoms with Gasteiger partial charge in [-0.3, -0.25) is 19.6 Å². The first-order chi connectivity index (χ1) is 6.49. The summed E-state index contributed by atoms with van der Waals surface area (Å²) in [5.74, 6) is -2.08. The Bertz CT molecular complexity index is 277. The van der Waals surface area contributed by atoms with E-state index in [1.807, 2.05) is 0 Å². The third-order valence-electron chi connectivity index (χ3n) is 1.26. The van der Waals surface area contributed by atoms with Crippen LogP contribution in [0, 0.1) is 11.3 Å². The minimum absolute atomic E-state index is 0.148. The number of rotatable bonds is 1. The molecule has 1 saturated heterocycles. The van der Waals surface area contributed by atoms with Crippen molar-refractivity contribution in [2.75, 3.05) is 0 Å². The molecule has 1 aliphatic rings. The predicted octanol–water partition coefficient (Wildman–Crippen LogP) is -0.491. The molecule has 7 heteroatoms. The second kappa shape index (κ2) is 5.66. The number of hydroxylamine groups is 2. The first-order valence-corrected chi connectivity index (χ1v) is 3.62. The molecule has 0 aromatic rings. The third-order valence-corrected chi connectivity index (χ3v) is 1.26. The number of carboxylic acid groups (broad SMARTS) is 1. The van der Waals surface area contributed by atoms with E-state index in [1.54, 1.807) is 0 Å². The summed E-state index contributed by atoms with van der Waals surface area (Å²) in [5.41, 5.74) is 0. The zero-order chi connectivity index (χ0) is 11.1. The highest BCUT2D eigenvalue weighted by atomic mass is 16.5. The molecule has 2 amide bonds. The fourth-order valence-corrected chi connectivity index (χ4v) is 0.632. The molecule has 0 saturated carbocycles. The molecule has 0 spiro atoms. The highest BCUT2D eigenvalue weighted by molar-refractivity contribution is 6.00. The van der Waals surface area contributed by atoms with Crippen molar-refractivity contribution in [3.05, 3.63) is 0 Å². The number of carboxylic acids is 1. The predicted molar refractivity (Wildman–Crippen MR) is 40.7 cm³/mol. The monoisotopic (exact) mass is 200 g/mol. The molecule has 1 aliphatic heterocycles. The van der Waals surface area contributed by atoms with Gasteiger partial charge in [-0.05, 0) is 0 Å². The Labute approximate surface area is 79.1 Å². The molecule has 1 fully saturated rings. The number of imide groups is 1. The Kier molecular flexibility index (Phi) is 4.88. The van der Waals surface area contributed by atoms with Crippen molar-refractivity contribution < 1.29 is 24.7 Å². The number of hydrogen-bond donors (Lipinski definition) is 2. The molecule has 0 atom stereocenters. The molecule has 14 heavy (non-hydrogen) atoms. The molecule has 0 aliphatic carbocycles. The number of carbonyl (C=O) groups is 3. The van der Waals surface area contributed by atoms with Crippen LogP contribution in [0.25, 0.3) is 0 Å². The van der Waals surface area contributed by atoms with Crippen molar-refractivity contribution >= 4 is 17.8 Å². The smallest absolute Gasteiger partial charge is 0.317 e. The average Bonchev–Trinajstić information content (AvgIpc) is 2.37. The largest absolute Gasteiger partial charge is 0.480 e. The minimum atomic E-state index is -1.07. The summed E-state index contributed by atoms with van der Waals surface area (Å²) in [5, 5.41) is 23.9. The van der Waals surface area contributed by atoms with E-state index in [9.17, 15) is 14.4 Å².